The van der Waals surface area contributed by atoms with E-state index in [0.29, 0.717) is 11.8 Å². The summed E-state index contributed by atoms with van der Waals surface area (Å²) in [4.78, 5) is 9.13. The SMILES string of the molecule is COc1c(C)cc(Nc2ncc(C)c(Nc3ccc4c(c3)C(NS(=O)(=O)C3CC3)CC4)n2)cc1C. The van der Waals surface area contributed by atoms with Crippen molar-refractivity contribution < 1.29 is 13.2 Å². The molecule has 8 nitrogen and oxygen atoms in total. The van der Waals surface area contributed by atoms with Crippen molar-refractivity contribution >= 4 is 33.2 Å². The summed E-state index contributed by atoms with van der Waals surface area (Å²) >= 11 is 0. The fraction of sp³-hybridized carbons (Fsp3) is 0.385. The number of methoxy groups -OCH3 is 1. The van der Waals surface area contributed by atoms with Crippen LogP contribution in [0.3, 0.4) is 0 Å². The molecule has 1 aromatic heterocycles. The van der Waals surface area contributed by atoms with Gasteiger partial charge in [-0.05, 0) is 93.0 Å². The molecular formula is C26H31N5O3S. The van der Waals surface area contributed by atoms with Crippen LogP contribution in [0.15, 0.2) is 36.5 Å². The summed E-state index contributed by atoms with van der Waals surface area (Å²) in [6.07, 6.45) is 4.95. The number of nitrogens with zero attached hydrogens (tertiary/aromatic N) is 2. The third-order valence-electron chi connectivity index (χ3n) is 6.65. The number of anilines is 4. The molecule has 3 aromatic rings. The first kappa shape index (κ1) is 23.6. The monoisotopic (exact) mass is 493 g/mol. The molecule has 0 amide bonds. The summed E-state index contributed by atoms with van der Waals surface area (Å²) in [6, 6.07) is 9.95. The van der Waals surface area contributed by atoms with Gasteiger partial charge in [-0.1, -0.05) is 6.07 Å². The molecule has 1 unspecified atom stereocenters. The summed E-state index contributed by atoms with van der Waals surface area (Å²) in [5.41, 5.74) is 6.95. The van der Waals surface area contributed by atoms with Crippen molar-refractivity contribution in [1.82, 2.24) is 14.7 Å². The summed E-state index contributed by atoms with van der Waals surface area (Å²) in [6.45, 7) is 5.96. The lowest BCUT2D eigenvalue weighted by molar-refractivity contribution is 0.408. The van der Waals surface area contributed by atoms with Crippen LogP contribution >= 0.6 is 0 Å². The maximum atomic E-state index is 12.5. The van der Waals surface area contributed by atoms with Gasteiger partial charge in [0.05, 0.1) is 12.4 Å². The highest BCUT2D eigenvalue weighted by molar-refractivity contribution is 7.90. The number of sulfonamides is 1. The minimum absolute atomic E-state index is 0.178. The molecule has 5 rings (SSSR count). The van der Waals surface area contributed by atoms with Crippen LogP contribution in [0, 0.1) is 20.8 Å². The zero-order valence-corrected chi connectivity index (χ0v) is 21.3. The molecule has 0 saturated heterocycles. The largest absolute Gasteiger partial charge is 0.496 e. The molecule has 9 heteroatoms. The Bertz CT molecular complexity index is 1360. The number of nitrogens with one attached hydrogen (secondary N) is 3. The summed E-state index contributed by atoms with van der Waals surface area (Å²) in [7, 11) is -1.57. The lowest BCUT2D eigenvalue weighted by atomic mass is 10.1. The second kappa shape index (κ2) is 9.13. The van der Waals surface area contributed by atoms with Crippen LogP contribution < -0.4 is 20.1 Å². The molecule has 1 saturated carbocycles. The molecule has 35 heavy (non-hydrogen) atoms. The van der Waals surface area contributed by atoms with Gasteiger partial charge in [0, 0.05) is 29.2 Å². The van der Waals surface area contributed by atoms with Crippen molar-refractivity contribution in [2.75, 3.05) is 17.7 Å². The number of fused-ring (bicyclic) bond motifs is 1. The Kier molecular flexibility index (Phi) is 6.14. The predicted octanol–water partition coefficient (Wildman–Crippen LogP) is 4.97. The van der Waals surface area contributed by atoms with Crippen LogP contribution in [-0.4, -0.2) is 30.7 Å². The van der Waals surface area contributed by atoms with Crippen molar-refractivity contribution in [3.05, 3.63) is 64.3 Å². The lowest BCUT2D eigenvalue weighted by Gasteiger charge is -2.16. The van der Waals surface area contributed by atoms with Crippen LogP contribution in [0.4, 0.5) is 23.1 Å². The highest BCUT2D eigenvalue weighted by Gasteiger charge is 2.38. The van der Waals surface area contributed by atoms with E-state index in [1.165, 1.54) is 5.56 Å². The van der Waals surface area contributed by atoms with E-state index in [9.17, 15) is 8.42 Å². The number of aryl methyl sites for hydroxylation is 4. The number of ether oxygens (including phenoxy) is 1. The zero-order valence-electron chi connectivity index (χ0n) is 20.5. The van der Waals surface area contributed by atoms with Crippen molar-refractivity contribution in [1.29, 1.82) is 0 Å². The fourth-order valence-electron chi connectivity index (χ4n) is 4.71. The Labute approximate surface area is 206 Å². The molecule has 0 radical (unpaired) electrons. The van der Waals surface area contributed by atoms with Crippen molar-refractivity contribution in [3.63, 3.8) is 0 Å². The van der Waals surface area contributed by atoms with Crippen LogP contribution in [-0.2, 0) is 16.4 Å². The third kappa shape index (κ3) is 4.97. The van der Waals surface area contributed by atoms with E-state index < -0.39 is 10.0 Å². The second-order valence-corrected chi connectivity index (χ2v) is 11.5. The van der Waals surface area contributed by atoms with Gasteiger partial charge in [-0.2, -0.15) is 4.98 Å². The Morgan fingerprint density at radius 3 is 2.37 bits per heavy atom. The molecular weight excluding hydrogens is 462 g/mol. The van der Waals surface area contributed by atoms with E-state index in [1.54, 1.807) is 13.3 Å². The van der Waals surface area contributed by atoms with Crippen LogP contribution in [0.25, 0.3) is 0 Å². The molecule has 1 fully saturated rings. The molecule has 3 N–H and O–H groups in total. The van der Waals surface area contributed by atoms with Crippen LogP contribution in [0.1, 0.15) is 53.1 Å². The first-order valence-electron chi connectivity index (χ1n) is 11.9. The summed E-state index contributed by atoms with van der Waals surface area (Å²) in [5, 5.41) is 6.46. The quantitative estimate of drug-likeness (QED) is 0.407. The normalized spacial score (nSPS) is 17.2. The van der Waals surface area contributed by atoms with Gasteiger partial charge in [0.15, 0.2) is 0 Å². The van der Waals surface area contributed by atoms with Gasteiger partial charge in [-0.15, -0.1) is 0 Å². The summed E-state index contributed by atoms with van der Waals surface area (Å²) < 4.78 is 33.4. The number of benzene rings is 2. The zero-order chi connectivity index (χ0) is 24.7. The Balaban J connectivity index is 1.35. The van der Waals surface area contributed by atoms with Gasteiger partial charge in [0.25, 0.3) is 0 Å². The van der Waals surface area contributed by atoms with Gasteiger partial charge in [0.2, 0.25) is 16.0 Å². The van der Waals surface area contributed by atoms with E-state index in [0.717, 1.165) is 65.1 Å². The Morgan fingerprint density at radius 2 is 1.69 bits per heavy atom. The Morgan fingerprint density at radius 1 is 0.943 bits per heavy atom. The first-order chi connectivity index (χ1) is 16.7. The highest BCUT2D eigenvalue weighted by Crippen LogP contribution is 2.37. The maximum absolute atomic E-state index is 12.5. The molecule has 2 aliphatic rings. The van der Waals surface area contributed by atoms with Crippen LogP contribution in [0.5, 0.6) is 5.75 Å². The van der Waals surface area contributed by atoms with E-state index in [4.69, 9.17) is 9.72 Å². The third-order valence-corrected chi connectivity index (χ3v) is 8.61. The van der Waals surface area contributed by atoms with E-state index in [-0.39, 0.29) is 11.3 Å². The minimum atomic E-state index is -3.24. The van der Waals surface area contributed by atoms with Gasteiger partial charge in [0.1, 0.15) is 11.6 Å². The van der Waals surface area contributed by atoms with Crippen molar-refractivity contribution in [2.24, 2.45) is 0 Å². The van der Waals surface area contributed by atoms with E-state index in [2.05, 4.69) is 26.4 Å². The molecule has 184 valence electrons. The fourth-order valence-corrected chi connectivity index (χ4v) is 6.30. The van der Waals surface area contributed by atoms with Gasteiger partial charge < -0.3 is 15.4 Å². The average molecular weight is 494 g/mol. The molecule has 1 heterocycles. The predicted molar refractivity (Wildman–Crippen MR) is 138 cm³/mol. The van der Waals surface area contributed by atoms with E-state index >= 15 is 0 Å². The number of aromatic nitrogens is 2. The Hall–Kier alpha value is -3.17. The molecule has 0 bridgehead atoms. The molecule has 0 spiro atoms. The van der Waals surface area contributed by atoms with Crippen LogP contribution in [0.2, 0.25) is 0 Å². The molecule has 2 aromatic carbocycles. The van der Waals surface area contributed by atoms with E-state index in [1.807, 2.05) is 45.0 Å². The van der Waals surface area contributed by atoms with Crippen molar-refractivity contribution in [3.8, 4) is 5.75 Å². The number of rotatable bonds is 8. The maximum Gasteiger partial charge on any atom is 0.229 e. The molecule has 2 aliphatic carbocycles. The lowest BCUT2D eigenvalue weighted by Crippen LogP contribution is -2.30. The highest BCUT2D eigenvalue weighted by atomic mass is 32.2. The average Bonchev–Trinajstić information content (AvgIpc) is 3.60. The number of hydrogen-bond acceptors (Lipinski definition) is 7. The smallest absolute Gasteiger partial charge is 0.229 e. The number of hydrogen-bond donors (Lipinski definition) is 3. The molecule has 0 aliphatic heterocycles. The summed E-state index contributed by atoms with van der Waals surface area (Å²) in [5.74, 6) is 2.05. The molecule has 1 atom stereocenters. The van der Waals surface area contributed by atoms with Gasteiger partial charge in [-0.3, -0.25) is 0 Å². The first-order valence-corrected chi connectivity index (χ1v) is 13.4. The minimum Gasteiger partial charge on any atom is -0.496 e. The topological polar surface area (TPSA) is 105 Å². The van der Waals surface area contributed by atoms with Gasteiger partial charge >= 0.3 is 0 Å². The van der Waals surface area contributed by atoms with Gasteiger partial charge in [-0.25, -0.2) is 18.1 Å². The van der Waals surface area contributed by atoms with Crippen molar-refractivity contribution in [2.45, 2.75) is 57.7 Å². The second-order valence-electron chi connectivity index (χ2n) is 9.49. The standard InChI is InChI=1S/C26H31N5O3S/c1-15-11-20(12-16(2)24(15)34-4)29-26-27-14-17(3)25(30-26)28-19-7-5-18-6-10-23(22(18)13-19)31-35(32,33)21-8-9-21/h5,7,11-14,21,23,31H,6,8-10H2,1-4H3,(H2,27,28,29,30).